The zero-order valence-corrected chi connectivity index (χ0v) is 15.7. The topological polar surface area (TPSA) is 16.4 Å². The molecule has 3 fully saturated rings. The third-order valence-corrected chi connectivity index (χ3v) is 7.14. The molecule has 0 spiro atoms. The van der Waals surface area contributed by atoms with Crippen molar-refractivity contribution in [3.05, 3.63) is 47.5 Å². The summed E-state index contributed by atoms with van der Waals surface area (Å²) in [6, 6.07) is 14.3. The second-order valence-corrected chi connectivity index (χ2v) is 8.68. The van der Waals surface area contributed by atoms with Crippen LogP contribution in [0.4, 0.5) is 0 Å². The van der Waals surface area contributed by atoms with Crippen LogP contribution in [-0.2, 0) is 0 Å². The van der Waals surface area contributed by atoms with Gasteiger partial charge in [0, 0.05) is 34.3 Å². The maximum atomic E-state index is 6.43. The third kappa shape index (κ3) is 2.01. The Labute approximate surface area is 149 Å². The van der Waals surface area contributed by atoms with Crippen LogP contribution in [0.3, 0.4) is 0 Å². The van der Waals surface area contributed by atoms with Crippen molar-refractivity contribution in [1.29, 1.82) is 0 Å². The Kier molecular flexibility index (Phi) is 3.16. The van der Waals surface area contributed by atoms with Gasteiger partial charge in [-0.2, -0.15) is 0 Å². The van der Waals surface area contributed by atoms with Crippen molar-refractivity contribution in [3.63, 3.8) is 0 Å². The van der Waals surface area contributed by atoms with E-state index in [0.717, 1.165) is 11.2 Å². The number of aryl methyl sites for hydroxylation is 1. The molecule has 25 heavy (non-hydrogen) atoms. The van der Waals surface area contributed by atoms with Gasteiger partial charge in [-0.1, -0.05) is 37.3 Å². The lowest BCUT2D eigenvalue weighted by Gasteiger charge is -2.59. The zero-order valence-electron chi connectivity index (χ0n) is 15.7. The standard InChI is InChI=1S/C23H27NO/c1-14-9-10-18-17-7-5-6-8-19(17)25-22(18)20(14)21-16(3)24-12-11-23(21,4)13-15(24)2/h5-10,15-16,21H,11-13H2,1-4H3. The van der Waals surface area contributed by atoms with Crippen molar-refractivity contribution in [2.24, 2.45) is 5.41 Å². The molecular formula is C23H27NO. The molecule has 130 valence electrons. The summed E-state index contributed by atoms with van der Waals surface area (Å²) in [6.07, 6.45) is 2.58. The molecule has 0 saturated carbocycles. The van der Waals surface area contributed by atoms with Crippen LogP contribution in [0.15, 0.2) is 40.8 Å². The Bertz CT molecular complexity index is 971. The maximum absolute atomic E-state index is 6.43. The van der Waals surface area contributed by atoms with Crippen LogP contribution in [0.25, 0.3) is 21.9 Å². The van der Waals surface area contributed by atoms with Crippen molar-refractivity contribution >= 4 is 21.9 Å². The zero-order chi connectivity index (χ0) is 17.3. The summed E-state index contributed by atoms with van der Waals surface area (Å²) in [5.41, 5.74) is 5.34. The molecule has 6 rings (SSSR count). The van der Waals surface area contributed by atoms with Gasteiger partial charge in [0.05, 0.1) is 0 Å². The highest BCUT2D eigenvalue weighted by molar-refractivity contribution is 6.06. The normalized spacial score (nSPS) is 34.9. The fraction of sp³-hybridized carbons (Fsp3) is 0.478. The molecule has 0 N–H and O–H groups in total. The highest BCUT2D eigenvalue weighted by atomic mass is 16.3. The lowest BCUT2D eigenvalue weighted by atomic mass is 9.58. The Morgan fingerprint density at radius 2 is 1.88 bits per heavy atom. The molecule has 5 unspecified atom stereocenters. The first-order valence-corrected chi connectivity index (χ1v) is 9.66. The van der Waals surface area contributed by atoms with Gasteiger partial charge in [-0.15, -0.1) is 0 Å². The number of hydrogen-bond donors (Lipinski definition) is 0. The monoisotopic (exact) mass is 333 g/mol. The Hall–Kier alpha value is -1.80. The summed E-state index contributed by atoms with van der Waals surface area (Å²) in [6.45, 7) is 10.9. The van der Waals surface area contributed by atoms with Crippen LogP contribution >= 0.6 is 0 Å². The Balaban J connectivity index is 1.79. The van der Waals surface area contributed by atoms with Gasteiger partial charge in [-0.05, 0) is 57.2 Å². The molecule has 2 bridgehead atoms. The highest BCUT2D eigenvalue weighted by Gasteiger charge is 2.52. The van der Waals surface area contributed by atoms with E-state index in [0.29, 0.717) is 23.4 Å². The van der Waals surface area contributed by atoms with Gasteiger partial charge in [-0.3, -0.25) is 4.90 Å². The smallest absolute Gasteiger partial charge is 0.139 e. The van der Waals surface area contributed by atoms with Crippen LogP contribution in [0.2, 0.25) is 0 Å². The van der Waals surface area contributed by atoms with E-state index < -0.39 is 0 Å². The molecule has 1 aromatic heterocycles. The minimum absolute atomic E-state index is 0.367. The number of fused-ring (bicyclic) bond motifs is 6. The predicted octanol–water partition coefficient (Wildman–Crippen LogP) is 5.87. The minimum atomic E-state index is 0.367. The minimum Gasteiger partial charge on any atom is -0.456 e. The van der Waals surface area contributed by atoms with Crippen LogP contribution in [0, 0.1) is 12.3 Å². The molecule has 3 aromatic rings. The summed E-state index contributed by atoms with van der Waals surface area (Å²) in [4.78, 5) is 2.72. The first-order chi connectivity index (χ1) is 12.0. The molecule has 3 saturated heterocycles. The van der Waals surface area contributed by atoms with E-state index in [-0.39, 0.29) is 0 Å². The lowest BCUT2D eigenvalue weighted by Crippen LogP contribution is -2.60. The fourth-order valence-corrected chi connectivity index (χ4v) is 6.04. The van der Waals surface area contributed by atoms with Crippen LogP contribution in [0.5, 0.6) is 0 Å². The Morgan fingerprint density at radius 3 is 2.64 bits per heavy atom. The highest BCUT2D eigenvalue weighted by Crippen LogP contribution is 2.56. The number of nitrogens with zero attached hydrogens (tertiary/aromatic N) is 1. The lowest BCUT2D eigenvalue weighted by molar-refractivity contribution is -0.0622. The molecule has 3 aliphatic heterocycles. The van der Waals surface area contributed by atoms with Crippen molar-refractivity contribution in [1.82, 2.24) is 4.90 Å². The van der Waals surface area contributed by atoms with Crippen LogP contribution < -0.4 is 0 Å². The molecule has 2 heteroatoms. The summed E-state index contributed by atoms with van der Waals surface area (Å²) in [7, 11) is 0. The Morgan fingerprint density at radius 1 is 1.08 bits per heavy atom. The summed E-state index contributed by atoms with van der Waals surface area (Å²) >= 11 is 0. The molecule has 2 nitrogen and oxygen atoms in total. The molecule has 0 aliphatic carbocycles. The molecule has 4 heterocycles. The van der Waals surface area contributed by atoms with Crippen molar-refractivity contribution < 1.29 is 4.42 Å². The fourth-order valence-electron chi connectivity index (χ4n) is 6.04. The third-order valence-electron chi connectivity index (χ3n) is 7.14. The van der Waals surface area contributed by atoms with Gasteiger partial charge in [0.25, 0.3) is 0 Å². The first-order valence-electron chi connectivity index (χ1n) is 9.66. The molecule has 5 atom stereocenters. The van der Waals surface area contributed by atoms with Crippen LogP contribution in [0.1, 0.15) is 50.7 Å². The second kappa shape index (κ2) is 5.11. The first kappa shape index (κ1) is 15.5. The quantitative estimate of drug-likeness (QED) is 0.553. The van der Waals surface area contributed by atoms with Crippen molar-refractivity contribution in [2.45, 2.75) is 58.5 Å². The van der Waals surface area contributed by atoms with Gasteiger partial charge >= 0.3 is 0 Å². The SMILES string of the molecule is Cc1ccc2c(oc3ccccc32)c1C1C(C)N2CCC1(C)CC2C. The summed E-state index contributed by atoms with van der Waals surface area (Å²) in [5.74, 6) is 0.543. The van der Waals surface area contributed by atoms with Gasteiger partial charge < -0.3 is 4.42 Å². The van der Waals surface area contributed by atoms with Gasteiger partial charge in [0.1, 0.15) is 11.2 Å². The number of para-hydroxylation sites is 1. The number of rotatable bonds is 1. The average molecular weight is 333 g/mol. The molecule has 0 amide bonds. The molecule has 3 aliphatic rings. The summed E-state index contributed by atoms with van der Waals surface area (Å²) in [5, 5.41) is 2.52. The van der Waals surface area contributed by atoms with E-state index in [2.05, 4.69) is 69.0 Å². The predicted molar refractivity (Wildman–Crippen MR) is 104 cm³/mol. The van der Waals surface area contributed by atoms with Gasteiger partial charge in [0.15, 0.2) is 0 Å². The maximum Gasteiger partial charge on any atom is 0.139 e. The van der Waals surface area contributed by atoms with E-state index in [1.165, 1.54) is 41.3 Å². The van der Waals surface area contributed by atoms with E-state index in [9.17, 15) is 0 Å². The summed E-state index contributed by atoms with van der Waals surface area (Å²) < 4.78 is 6.43. The number of benzene rings is 2. The van der Waals surface area contributed by atoms with Crippen molar-refractivity contribution in [2.75, 3.05) is 6.54 Å². The average Bonchev–Trinajstić information content (AvgIpc) is 2.94. The van der Waals surface area contributed by atoms with Crippen LogP contribution in [-0.4, -0.2) is 23.5 Å². The van der Waals surface area contributed by atoms with Gasteiger partial charge in [-0.25, -0.2) is 0 Å². The van der Waals surface area contributed by atoms with E-state index in [1.807, 2.05) is 0 Å². The number of piperidine rings is 3. The molecular weight excluding hydrogens is 306 g/mol. The van der Waals surface area contributed by atoms with Crippen molar-refractivity contribution in [3.8, 4) is 0 Å². The number of hydrogen-bond acceptors (Lipinski definition) is 2. The van der Waals surface area contributed by atoms with E-state index >= 15 is 0 Å². The largest absolute Gasteiger partial charge is 0.456 e. The second-order valence-electron chi connectivity index (χ2n) is 8.68. The molecule has 0 radical (unpaired) electrons. The number of furan rings is 1. The van der Waals surface area contributed by atoms with Gasteiger partial charge in [0.2, 0.25) is 0 Å². The van der Waals surface area contributed by atoms with E-state index in [1.54, 1.807) is 0 Å². The van der Waals surface area contributed by atoms with E-state index in [4.69, 9.17) is 4.42 Å². The molecule has 2 aromatic carbocycles.